The van der Waals surface area contributed by atoms with Crippen molar-refractivity contribution in [1.82, 2.24) is 4.98 Å². The van der Waals surface area contributed by atoms with Crippen LogP contribution in [0.15, 0.2) is 47.1 Å². The molecule has 10 heteroatoms. The molecule has 148 valence electrons. The van der Waals surface area contributed by atoms with Crippen LogP contribution in [0.5, 0.6) is 5.75 Å². The van der Waals surface area contributed by atoms with Gasteiger partial charge in [-0.1, -0.05) is 0 Å². The van der Waals surface area contributed by atoms with E-state index in [2.05, 4.69) is 10.3 Å². The number of alkyl halides is 6. The van der Waals surface area contributed by atoms with Crippen LogP contribution in [-0.2, 0) is 12.4 Å². The molecule has 28 heavy (non-hydrogen) atoms. The van der Waals surface area contributed by atoms with E-state index in [1.54, 1.807) is 0 Å². The summed E-state index contributed by atoms with van der Waals surface area (Å²) < 4.78 is 84.2. The van der Waals surface area contributed by atoms with Gasteiger partial charge in [-0.25, -0.2) is 0 Å². The number of nitrogens with one attached hydrogen (secondary N) is 1. The highest BCUT2D eigenvalue weighted by atomic mass is 19.4. The third-order valence-electron chi connectivity index (χ3n) is 3.91. The smallest absolute Gasteiger partial charge is 0.416 e. The largest absolute Gasteiger partial charge is 0.504 e. The summed E-state index contributed by atoms with van der Waals surface area (Å²) in [6.07, 6.45) is -7.25. The second kappa shape index (κ2) is 6.77. The van der Waals surface area contributed by atoms with Crippen molar-refractivity contribution in [3.8, 4) is 28.2 Å². The van der Waals surface area contributed by atoms with Crippen LogP contribution in [0.25, 0.3) is 22.5 Å². The molecule has 0 fully saturated rings. The van der Waals surface area contributed by atoms with Gasteiger partial charge in [0.1, 0.15) is 0 Å². The van der Waals surface area contributed by atoms with Crippen molar-refractivity contribution in [2.75, 3.05) is 12.4 Å². The van der Waals surface area contributed by atoms with Crippen LogP contribution < -0.4 is 5.32 Å². The molecule has 0 bridgehead atoms. The van der Waals surface area contributed by atoms with E-state index < -0.39 is 34.8 Å². The maximum absolute atomic E-state index is 13.1. The summed E-state index contributed by atoms with van der Waals surface area (Å²) in [4.78, 5) is 3.84. The molecule has 0 aliphatic carbocycles. The number of pyridine rings is 1. The van der Waals surface area contributed by atoms with E-state index in [0.29, 0.717) is 17.7 Å². The molecule has 3 rings (SSSR count). The lowest BCUT2D eigenvalue weighted by Crippen LogP contribution is -2.11. The van der Waals surface area contributed by atoms with Gasteiger partial charge in [-0.05, 0) is 35.9 Å². The van der Waals surface area contributed by atoms with Crippen molar-refractivity contribution < 1.29 is 35.9 Å². The van der Waals surface area contributed by atoms with E-state index in [-0.39, 0.29) is 23.3 Å². The monoisotopic (exact) mass is 402 g/mol. The molecule has 1 aromatic carbocycles. The van der Waals surface area contributed by atoms with Crippen LogP contribution in [0.4, 0.5) is 32.2 Å². The molecule has 0 radical (unpaired) electrons. The van der Waals surface area contributed by atoms with Crippen molar-refractivity contribution in [2.24, 2.45) is 0 Å². The van der Waals surface area contributed by atoms with Gasteiger partial charge in [-0.3, -0.25) is 4.98 Å². The minimum atomic E-state index is -5.01. The number of hydrogen-bond acceptors (Lipinski definition) is 4. The van der Waals surface area contributed by atoms with Gasteiger partial charge < -0.3 is 14.8 Å². The number of aromatic nitrogens is 1. The van der Waals surface area contributed by atoms with Crippen LogP contribution in [0.1, 0.15) is 11.1 Å². The Balaban J connectivity index is 2.27. The maximum atomic E-state index is 13.1. The Morgan fingerprint density at radius 3 is 2.04 bits per heavy atom. The quantitative estimate of drug-likeness (QED) is 0.544. The molecule has 0 atom stereocenters. The minimum Gasteiger partial charge on any atom is -0.504 e. The summed E-state index contributed by atoms with van der Waals surface area (Å²) in [6, 6.07) is 4.10. The Bertz CT molecular complexity index is 962. The molecule has 2 heterocycles. The lowest BCUT2D eigenvalue weighted by Gasteiger charge is -2.14. The highest BCUT2D eigenvalue weighted by Crippen LogP contribution is 2.48. The number of nitrogens with zero attached hydrogens (tertiary/aromatic N) is 1. The summed E-state index contributed by atoms with van der Waals surface area (Å²) in [5, 5.41) is 13.0. The molecule has 0 amide bonds. The Hall–Kier alpha value is -3.17. The first-order valence-electron chi connectivity index (χ1n) is 7.76. The number of furan rings is 1. The number of aromatic hydroxyl groups is 1. The van der Waals surface area contributed by atoms with Crippen LogP contribution in [0.3, 0.4) is 0 Å². The fourth-order valence-corrected chi connectivity index (χ4v) is 2.66. The van der Waals surface area contributed by atoms with Crippen molar-refractivity contribution in [2.45, 2.75) is 12.4 Å². The molecule has 0 spiro atoms. The molecular formula is C18H12F6N2O2. The predicted molar refractivity (Wildman–Crippen MR) is 88.6 cm³/mol. The van der Waals surface area contributed by atoms with Crippen molar-refractivity contribution >= 4 is 5.88 Å². The van der Waals surface area contributed by atoms with Gasteiger partial charge >= 0.3 is 12.4 Å². The van der Waals surface area contributed by atoms with E-state index in [0.717, 1.165) is 0 Å². The predicted octanol–water partition coefficient (Wildman–Crippen LogP) is 5.79. The number of hydrogen-bond donors (Lipinski definition) is 2. The minimum absolute atomic E-state index is 0.0156. The standard InChI is InChI=1S/C18H12F6N2O2/c1-25-16-13(14(27)15(28-16)9-3-2-4-26-8-9)10-5-11(17(19,20)21)7-12(6-10)18(22,23)24/h2-8,25,27H,1H3. The maximum Gasteiger partial charge on any atom is 0.416 e. The number of benzene rings is 1. The van der Waals surface area contributed by atoms with Gasteiger partial charge in [0.25, 0.3) is 0 Å². The van der Waals surface area contributed by atoms with E-state index >= 15 is 0 Å². The van der Waals surface area contributed by atoms with Gasteiger partial charge in [0.15, 0.2) is 11.5 Å². The van der Waals surface area contributed by atoms with Crippen LogP contribution >= 0.6 is 0 Å². The first-order valence-corrected chi connectivity index (χ1v) is 7.76. The Labute approximate surface area is 154 Å². The number of rotatable bonds is 3. The zero-order valence-electron chi connectivity index (χ0n) is 14.1. The van der Waals surface area contributed by atoms with Gasteiger partial charge in [0.2, 0.25) is 5.88 Å². The number of halogens is 6. The van der Waals surface area contributed by atoms with Gasteiger partial charge in [-0.15, -0.1) is 0 Å². The second-order valence-electron chi connectivity index (χ2n) is 5.77. The first kappa shape index (κ1) is 19.6. The molecule has 3 aromatic rings. The van der Waals surface area contributed by atoms with E-state index in [9.17, 15) is 31.4 Å². The average Bonchev–Trinajstić information content (AvgIpc) is 2.97. The van der Waals surface area contributed by atoms with Crippen molar-refractivity contribution in [3.05, 3.63) is 53.9 Å². The highest BCUT2D eigenvalue weighted by Gasteiger charge is 2.38. The summed E-state index contributed by atoms with van der Waals surface area (Å²) >= 11 is 0. The molecule has 4 nitrogen and oxygen atoms in total. The first-order chi connectivity index (χ1) is 13.0. The molecule has 2 aromatic heterocycles. The average molecular weight is 402 g/mol. The van der Waals surface area contributed by atoms with Gasteiger partial charge in [0, 0.05) is 25.0 Å². The molecule has 0 unspecified atom stereocenters. The molecule has 0 aliphatic rings. The summed E-state index contributed by atoms with van der Waals surface area (Å²) in [6.45, 7) is 0. The Morgan fingerprint density at radius 2 is 1.57 bits per heavy atom. The Morgan fingerprint density at radius 1 is 0.964 bits per heavy atom. The van der Waals surface area contributed by atoms with Gasteiger partial charge in [-0.2, -0.15) is 26.3 Å². The van der Waals surface area contributed by atoms with Gasteiger partial charge in [0.05, 0.1) is 16.7 Å². The second-order valence-corrected chi connectivity index (χ2v) is 5.77. The highest BCUT2D eigenvalue weighted by molar-refractivity contribution is 5.87. The normalized spacial score (nSPS) is 12.2. The summed E-state index contributed by atoms with van der Waals surface area (Å²) in [5.74, 6) is -0.938. The van der Waals surface area contributed by atoms with E-state index in [1.165, 1.54) is 31.6 Å². The van der Waals surface area contributed by atoms with Crippen LogP contribution in [0.2, 0.25) is 0 Å². The fourth-order valence-electron chi connectivity index (χ4n) is 2.66. The van der Waals surface area contributed by atoms with Crippen LogP contribution in [0, 0.1) is 0 Å². The molecule has 0 saturated heterocycles. The third kappa shape index (κ3) is 3.62. The van der Waals surface area contributed by atoms with Crippen LogP contribution in [-0.4, -0.2) is 17.1 Å². The van der Waals surface area contributed by atoms with Crippen molar-refractivity contribution in [1.29, 1.82) is 0 Å². The van der Waals surface area contributed by atoms with E-state index in [4.69, 9.17) is 4.42 Å². The third-order valence-corrected chi connectivity index (χ3v) is 3.91. The SMILES string of the molecule is CNc1oc(-c2cccnc2)c(O)c1-c1cc(C(F)(F)F)cc(C(F)(F)F)c1. The van der Waals surface area contributed by atoms with Crippen molar-refractivity contribution in [3.63, 3.8) is 0 Å². The molecule has 0 aliphatic heterocycles. The summed E-state index contributed by atoms with van der Waals surface area (Å²) in [7, 11) is 1.35. The van der Waals surface area contributed by atoms with E-state index in [1.807, 2.05) is 0 Å². The number of anilines is 1. The Kier molecular flexibility index (Phi) is 4.74. The topological polar surface area (TPSA) is 58.3 Å². The zero-order chi connectivity index (χ0) is 20.7. The lowest BCUT2D eigenvalue weighted by atomic mass is 9.99. The molecule has 0 saturated carbocycles. The fraction of sp³-hybridized carbons (Fsp3) is 0.167. The molecule has 2 N–H and O–H groups in total. The lowest BCUT2D eigenvalue weighted by molar-refractivity contribution is -0.143. The zero-order valence-corrected chi connectivity index (χ0v) is 14.1. The summed E-state index contributed by atoms with van der Waals surface area (Å²) in [5.41, 5.74) is -3.52. The molecular weight excluding hydrogens is 390 g/mol.